The van der Waals surface area contributed by atoms with Gasteiger partial charge in [0.15, 0.2) is 0 Å². The maximum atomic E-state index is 5.75. The van der Waals surface area contributed by atoms with Gasteiger partial charge in [-0.05, 0) is 42.8 Å². The molecular formula is C17H23NO. The molecule has 2 nitrogen and oxygen atoms in total. The van der Waals surface area contributed by atoms with Crippen LogP contribution in [0.25, 0.3) is 5.69 Å². The molecule has 0 N–H and O–H groups in total. The predicted molar refractivity (Wildman–Crippen MR) is 80.0 cm³/mol. The zero-order chi connectivity index (χ0) is 13.3. The minimum Gasteiger partial charge on any atom is -0.494 e. The van der Waals surface area contributed by atoms with Crippen LogP contribution < -0.4 is 4.74 Å². The van der Waals surface area contributed by atoms with Gasteiger partial charge < -0.3 is 9.30 Å². The second-order valence-electron chi connectivity index (χ2n) is 4.85. The van der Waals surface area contributed by atoms with E-state index in [1.807, 2.05) is 36.7 Å². The third-order valence-corrected chi connectivity index (χ3v) is 3.26. The Hall–Kier alpha value is -1.70. The van der Waals surface area contributed by atoms with Crippen molar-refractivity contribution in [1.82, 2.24) is 4.57 Å². The Balaban J connectivity index is 1.73. The fourth-order valence-corrected chi connectivity index (χ4v) is 2.12. The van der Waals surface area contributed by atoms with E-state index < -0.39 is 0 Å². The highest BCUT2D eigenvalue weighted by atomic mass is 16.5. The molecule has 0 aliphatic rings. The minimum absolute atomic E-state index is 0.826. The monoisotopic (exact) mass is 257 g/mol. The van der Waals surface area contributed by atoms with Crippen molar-refractivity contribution in [3.63, 3.8) is 0 Å². The summed E-state index contributed by atoms with van der Waals surface area (Å²) in [5, 5.41) is 0. The highest BCUT2D eigenvalue weighted by molar-refractivity contribution is 5.37. The second-order valence-corrected chi connectivity index (χ2v) is 4.85. The average Bonchev–Trinajstić information content (AvgIpc) is 2.97. The van der Waals surface area contributed by atoms with E-state index in [9.17, 15) is 0 Å². The molecule has 2 aromatic rings. The largest absolute Gasteiger partial charge is 0.494 e. The molecular weight excluding hydrogens is 234 g/mol. The fourth-order valence-electron chi connectivity index (χ4n) is 2.12. The molecule has 2 rings (SSSR count). The molecule has 0 fully saturated rings. The van der Waals surface area contributed by atoms with E-state index in [1.54, 1.807) is 0 Å². The molecule has 2 heteroatoms. The first-order valence-corrected chi connectivity index (χ1v) is 7.26. The summed E-state index contributed by atoms with van der Waals surface area (Å²) in [7, 11) is 0. The van der Waals surface area contributed by atoms with Crippen molar-refractivity contribution in [3.05, 3.63) is 48.8 Å². The molecule has 0 radical (unpaired) electrons. The van der Waals surface area contributed by atoms with E-state index in [-0.39, 0.29) is 0 Å². The molecule has 0 bridgehead atoms. The van der Waals surface area contributed by atoms with Gasteiger partial charge in [-0.15, -0.1) is 0 Å². The van der Waals surface area contributed by atoms with Crippen LogP contribution in [-0.4, -0.2) is 11.2 Å². The number of unbranched alkanes of at least 4 members (excludes halogenated alkanes) is 4. The number of hydrogen-bond acceptors (Lipinski definition) is 1. The maximum absolute atomic E-state index is 5.75. The Morgan fingerprint density at radius 2 is 1.58 bits per heavy atom. The normalized spacial score (nSPS) is 10.6. The summed E-state index contributed by atoms with van der Waals surface area (Å²) >= 11 is 0. The summed E-state index contributed by atoms with van der Waals surface area (Å²) in [5.74, 6) is 0.964. The van der Waals surface area contributed by atoms with E-state index in [0.29, 0.717) is 0 Å². The lowest BCUT2D eigenvalue weighted by Crippen LogP contribution is -1.97. The molecule has 1 aromatic carbocycles. The first kappa shape index (κ1) is 13.7. The minimum atomic E-state index is 0.826. The van der Waals surface area contributed by atoms with Crippen molar-refractivity contribution in [2.45, 2.75) is 39.0 Å². The van der Waals surface area contributed by atoms with Gasteiger partial charge in [-0.2, -0.15) is 0 Å². The molecule has 19 heavy (non-hydrogen) atoms. The second kappa shape index (κ2) is 7.67. The summed E-state index contributed by atoms with van der Waals surface area (Å²) < 4.78 is 7.84. The van der Waals surface area contributed by atoms with Crippen LogP contribution in [0.3, 0.4) is 0 Å². The number of ether oxygens (including phenoxy) is 1. The molecule has 0 saturated heterocycles. The quantitative estimate of drug-likeness (QED) is 0.618. The van der Waals surface area contributed by atoms with E-state index in [1.165, 1.54) is 31.4 Å². The van der Waals surface area contributed by atoms with Crippen molar-refractivity contribution in [3.8, 4) is 11.4 Å². The van der Waals surface area contributed by atoms with Gasteiger partial charge in [0.2, 0.25) is 0 Å². The number of nitrogens with zero attached hydrogens (tertiary/aromatic N) is 1. The lowest BCUT2D eigenvalue weighted by atomic mass is 10.2. The lowest BCUT2D eigenvalue weighted by Gasteiger charge is -2.07. The lowest BCUT2D eigenvalue weighted by molar-refractivity contribution is 0.304. The van der Waals surface area contributed by atoms with Crippen molar-refractivity contribution in [1.29, 1.82) is 0 Å². The van der Waals surface area contributed by atoms with Crippen LogP contribution in [0.1, 0.15) is 39.0 Å². The molecule has 0 amide bonds. The maximum Gasteiger partial charge on any atom is 0.119 e. The molecule has 0 unspecified atom stereocenters. The molecule has 0 spiro atoms. The van der Waals surface area contributed by atoms with Crippen LogP contribution in [0.15, 0.2) is 48.8 Å². The van der Waals surface area contributed by atoms with Gasteiger partial charge in [-0.1, -0.05) is 32.6 Å². The van der Waals surface area contributed by atoms with Crippen LogP contribution >= 0.6 is 0 Å². The zero-order valence-corrected chi connectivity index (χ0v) is 11.7. The van der Waals surface area contributed by atoms with Crippen LogP contribution in [0, 0.1) is 0 Å². The number of benzene rings is 1. The topological polar surface area (TPSA) is 14.2 Å². The molecule has 1 aromatic heterocycles. The summed E-state index contributed by atoms with van der Waals surface area (Å²) in [4.78, 5) is 0. The van der Waals surface area contributed by atoms with Gasteiger partial charge in [0.1, 0.15) is 5.75 Å². The van der Waals surface area contributed by atoms with Crippen molar-refractivity contribution in [2.24, 2.45) is 0 Å². The highest BCUT2D eigenvalue weighted by Gasteiger charge is 1.97. The molecule has 0 aliphatic heterocycles. The van der Waals surface area contributed by atoms with Crippen LogP contribution in [0.4, 0.5) is 0 Å². The zero-order valence-electron chi connectivity index (χ0n) is 11.7. The third-order valence-electron chi connectivity index (χ3n) is 3.26. The Labute approximate surface area is 116 Å². The fraction of sp³-hybridized carbons (Fsp3) is 0.412. The third kappa shape index (κ3) is 4.47. The van der Waals surface area contributed by atoms with Crippen molar-refractivity contribution < 1.29 is 4.74 Å². The highest BCUT2D eigenvalue weighted by Crippen LogP contribution is 2.16. The predicted octanol–water partition coefficient (Wildman–Crippen LogP) is 4.83. The first-order chi connectivity index (χ1) is 9.40. The van der Waals surface area contributed by atoms with Crippen molar-refractivity contribution >= 4 is 0 Å². The van der Waals surface area contributed by atoms with Gasteiger partial charge in [-0.25, -0.2) is 0 Å². The molecule has 0 saturated carbocycles. The van der Waals surface area contributed by atoms with Gasteiger partial charge in [0.05, 0.1) is 6.61 Å². The Morgan fingerprint density at radius 1 is 0.895 bits per heavy atom. The molecule has 0 aliphatic carbocycles. The van der Waals surface area contributed by atoms with Gasteiger partial charge >= 0.3 is 0 Å². The summed E-state index contributed by atoms with van der Waals surface area (Å²) in [6.07, 6.45) is 10.5. The van der Waals surface area contributed by atoms with Gasteiger partial charge in [-0.3, -0.25) is 0 Å². The van der Waals surface area contributed by atoms with Gasteiger partial charge in [0.25, 0.3) is 0 Å². The van der Waals surface area contributed by atoms with E-state index in [2.05, 4.69) is 23.6 Å². The molecule has 0 atom stereocenters. The standard InChI is InChI=1S/C17H23NO/c1-2-3-4-5-8-15-19-17-11-9-16(10-12-17)18-13-6-7-14-18/h6-7,9-14H,2-5,8,15H2,1H3. The number of hydrogen-bond donors (Lipinski definition) is 0. The number of aromatic nitrogens is 1. The van der Waals surface area contributed by atoms with E-state index in [0.717, 1.165) is 18.8 Å². The van der Waals surface area contributed by atoms with Crippen LogP contribution in [0.5, 0.6) is 5.75 Å². The number of rotatable bonds is 8. The van der Waals surface area contributed by atoms with Gasteiger partial charge in [0, 0.05) is 18.1 Å². The Kier molecular flexibility index (Phi) is 5.54. The van der Waals surface area contributed by atoms with Crippen LogP contribution in [-0.2, 0) is 0 Å². The van der Waals surface area contributed by atoms with E-state index >= 15 is 0 Å². The summed E-state index contributed by atoms with van der Waals surface area (Å²) in [6, 6.07) is 12.3. The Morgan fingerprint density at radius 3 is 2.26 bits per heavy atom. The summed E-state index contributed by atoms with van der Waals surface area (Å²) in [6.45, 7) is 3.06. The van der Waals surface area contributed by atoms with E-state index in [4.69, 9.17) is 4.74 Å². The van der Waals surface area contributed by atoms with Crippen LogP contribution in [0.2, 0.25) is 0 Å². The SMILES string of the molecule is CCCCCCCOc1ccc(-n2cccc2)cc1. The Bertz CT molecular complexity index is 445. The summed E-state index contributed by atoms with van der Waals surface area (Å²) in [5.41, 5.74) is 1.17. The van der Waals surface area contributed by atoms with Crippen molar-refractivity contribution in [2.75, 3.05) is 6.61 Å². The first-order valence-electron chi connectivity index (χ1n) is 7.26. The molecule has 1 heterocycles. The molecule has 102 valence electrons. The average molecular weight is 257 g/mol. The smallest absolute Gasteiger partial charge is 0.119 e.